The molecule has 1 aliphatic rings. The van der Waals surface area contributed by atoms with E-state index < -0.39 is 0 Å². The van der Waals surface area contributed by atoms with Crippen LogP contribution in [0.15, 0.2) is 30.8 Å². The Morgan fingerprint density at radius 2 is 2.00 bits per heavy atom. The molecule has 0 fully saturated rings. The molecule has 78 valence electrons. The van der Waals surface area contributed by atoms with Crippen molar-refractivity contribution in [3.63, 3.8) is 0 Å². The molecule has 0 aliphatic carbocycles. The number of carbonyl (C=O) groups excluding carboxylic acids is 1. The van der Waals surface area contributed by atoms with E-state index in [1.807, 2.05) is 31.2 Å². The highest BCUT2D eigenvalue weighted by Crippen LogP contribution is 2.32. The molecular formula is C12H14N2O. The molecule has 1 amide bonds. The zero-order valence-electron chi connectivity index (χ0n) is 8.73. The Balaban J connectivity index is 2.45. The summed E-state index contributed by atoms with van der Waals surface area (Å²) in [5.74, 6) is 0.00792. The van der Waals surface area contributed by atoms with Gasteiger partial charge in [-0.25, -0.2) is 0 Å². The van der Waals surface area contributed by atoms with Gasteiger partial charge in [0.2, 0.25) is 0 Å². The average molecular weight is 202 g/mol. The average Bonchev–Trinajstić information content (AvgIpc) is 2.52. The molecule has 3 heteroatoms. The van der Waals surface area contributed by atoms with Crippen molar-refractivity contribution in [3.8, 4) is 0 Å². The number of hydrogen-bond acceptors (Lipinski definition) is 2. The van der Waals surface area contributed by atoms with Crippen LogP contribution in [0.25, 0.3) is 5.70 Å². The maximum atomic E-state index is 12.0. The third kappa shape index (κ3) is 1.36. The molecule has 0 aromatic heterocycles. The van der Waals surface area contributed by atoms with Crippen LogP contribution >= 0.6 is 0 Å². The minimum Gasteiger partial charge on any atom is -0.328 e. The summed E-state index contributed by atoms with van der Waals surface area (Å²) in [5, 5.41) is 0. The summed E-state index contributed by atoms with van der Waals surface area (Å²) >= 11 is 0. The van der Waals surface area contributed by atoms with Gasteiger partial charge in [0, 0.05) is 29.4 Å². The fraction of sp³-hybridized carbons (Fsp3) is 0.250. The van der Waals surface area contributed by atoms with E-state index in [0.29, 0.717) is 6.54 Å². The fourth-order valence-electron chi connectivity index (χ4n) is 1.87. The number of amides is 1. The number of benzene rings is 1. The van der Waals surface area contributed by atoms with Crippen molar-refractivity contribution in [1.29, 1.82) is 0 Å². The monoisotopic (exact) mass is 202 g/mol. The van der Waals surface area contributed by atoms with Gasteiger partial charge in [0.25, 0.3) is 5.91 Å². The number of rotatable bonds is 2. The summed E-state index contributed by atoms with van der Waals surface area (Å²) in [6.45, 7) is 6.31. The van der Waals surface area contributed by atoms with Crippen LogP contribution in [-0.4, -0.2) is 23.4 Å². The van der Waals surface area contributed by atoms with Crippen molar-refractivity contribution in [1.82, 2.24) is 4.90 Å². The normalized spacial score (nSPS) is 16.8. The molecule has 0 spiro atoms. The van der Waals surface area contributed by atoms with Crippen LogP contribution < -0.4 is 5.73 Å². The third-order valence-corrected chi connectivity index (χ3v) is 2.76. The van der Waals surface area contributed by atoms with Crippen molar-refractivity contribution >= 4 is 11.6 Å². The fourth-order valence-corrected chi connectivity index (χ4v) is 1.87. The van der Waals surface area contributed by atoms with Crippen LogP contribution in [0, 0.1) is 0 Å². The lowest BCUT2D eigenvalue weighted by Gasteiger charge is -2.23. The molecule has 0 radical (unpaired) electrons. The summed E-state index contributed by atoms with van der Waals surface area (Å²) in [7, 11) is 0. The van der Waals surface area contributed by atoms with Gasteiger partial charge >= 0.3 is 0 Å². The Kier molecular flexibility index (Phi) is 2.32. The number of nitrogens with zero attached hydrogens (tertiary/aromatic N) is 1. The highest BCUT2D eigenvalue weighted by Gasteiger charge is 2.32. The topological polar surface area (TPSA) is 46.3 Å². The van der Waals surface area contributed by atoms with Gasteiger partial charge in [-0.3, -0.25) is 4.79 Å². The largest absolute Gasteiger partial charge is 0.328 e. The van der Waals surface area contributed by atoms with E-state index in [0.717, 1.165) is 16.8 Å². The maximum absolute atomic E-state index is 12.0. The molecular weight excluding hydrogens is 188 g/mol. The third-order valence-electron chi connectivity index (χ3n) is 2.76. The second-order valence-electron chi connectivity index (χ2n) is 3.75. The predicted octanol–water partition coefficient (Wildman–Crippen LogP) is 1.46. The molecule has 1 heterocycles. The zero-order valence-corrected chi connectivity index (χ0v) is 8.73. The van der Waals surface area contributed by atoms with Crippen LogP contribution in [-0.2, 0) is 0 Å². The van der Waals surface area contributed by atoms with Crippen molar-refractivity contribution in [2.75, 3.05) is 6.54 Å². The number of carbonyl (C=O) groups is 1. The van der Waals surface area contributed by atoms with Gasteiger partial charge in [0.05, 0.1) is 0 Å². The molecule has 0 saturated heterocycles. The highest BCUT2D eigenvalue weighted by atomic mass is 16.2. The lowest BCUT2D eigenvalue weighted by molar-refractivity contribution is 0.0816. The maximum Gasteiger partial charge on any atom is 0.259 e. The minimum absolute atomic E-state index is 0.00241. The van der Waals surface area contributed by atoms with Crippen LogP contribution in [0.1, 0.15) is 22.8 Å². The van der Waals surface area contributed by atoms with Crippen LogP contribution in [0.2, 0.25) is 0 Å². The molecule has 0 saturated carbocycles. The molecule has 1 aromatic carbocycles. The van der Waals surface area contributed by atoms with Crippen LogP contribution in [0.3, 0.4) is 0 Å². The first-order valence-electron chi connectivity index (χ1n) is 4.98. The van der Waals surface area contributed by atoms with Gasteiger partial charge in [-0.2, -0.15) is 0 Å². The van der Waals surface area contributed by atoms with Crippen molar-refractivity contribution in [3.05, 3.63) is 42.0 Å². The summed E-state index contributed by atoms with van der Waals surface area (Å²) in [6, 6.07) is 7.51. The Hall–Kier alpha value is -1.61. The van der Waals surface area contributed by atoms with E-state index in [-0.39, 0.29) is 11.9 Å². The molecule has 1 aliphatic heterocycles. The van der Waals surface area contributed by atoms with E-state index in [9.17, 15) is 4.79 Å². The molecule has 3 nitrogen and oxygen atoms in total. The van der Waals surface area contributed by atoms with E-state index >= 15 is 0 Å². The first kappa shape index (κ1) is 9.93. The van der Waals surface area contributed by atoms with Gasteiger partial charge in [-0.1, -0.05) is 24.8 Å². The summed E-state index contributed by atoms with van der Waals surface area (Å²) in [6.07, 6.45) is 0. The lowest BCUT2D eigenvalue weighted by Crippen LogP contribution is -2.37. The van der Waals surface area contributed by atoms with E-state index in [1.165, 1.54) is 0 Å². The standard InChI is InChI=1S/C12H14N2O/c1-8(7-13)14-9(2)10-5-3-4-6-11(10)12(14)15/h3-6,8H,2,7,13H2,1H3. The van der Waals surface area contributed by atoms with Gasteiger partial charge in [-0.15, -0.1) is 0 Å². The molecule has 15 heavy (non-hydrogen) atoms. The summed E-state index contributed by atoms with van der Waals surface area (Å²) in [5.41, 5.74) is 7.98. The SMILES string of the molecule is C=C1c2ccccc2C(=O)N1C(C)CN. The summed E-state index contributed by atoms with van der Waals surface area (Å²) in [4.78, 5) is 13.7. The molecule has 1 atom stereocenters. The van der Waals surface area contributed by atoms with Crippen molar-refractivity contribution in [2.24, 2.45) is 5.73 Å². The molecule has 1 aromatic rings. The quantitative estimate of drug-likeness (QED) is 0.789. The van der Waals surface area contributed by atoms with Gasteiger partial charge < -0.3 is 10.6 Å². The minimum atomic E-state index is -0.00241. The first-order valence-corrected chi connectivity index (χ1v) is 4.98. The molecule has 2 N–H and O–H groups in total. The Labute approximate surface area is 89.2 Å². The Morgan fingerprint density at radius 1 is 1.40 bits per heavy atom. The molecule has 2 rings (SSSR count). The van der Waals surface area contributed by atoms with Crippen molar-refractivity contribution < 1.29 is 4.79 Å². The number of nitrogens with two attached hydrogens (primary N) is 1. The summed E-state index contributed by atoms with van der Waals surface area (Å²) < 4.78 is 0. The van der Waals surface area contributed by atoms with Crippen LogP contribution in [0.4, 0.5) is 0 Å². The van der Waals surface area contributed by atoms with Gasteiger partial charge in [-0.05, 0) is 13.0 Å². The molecule has 1 unspecified atom stereocenters. The highest BCUT2D eigenvalue weighted by molar-refractivity contribution is 6.09. The second kappa shape index (κ2) is 3.51. The number of fused-ring (bicyclic) bond motifs is 1. The van der Waals surface area contributed by atoms with E-state index in [2.05, 4.69) is 6.58 Å². The zero-order chi connectivity index (χ0) is 11.0. The van der Waals surface area contributed by atoms with Crippen molar-refractivity contribution in [2.45, 2.75) is 13.0 Å². The first-order chi connectivity index (χ1) is 7.16. The predicted molar refractivity (Wildman–Crippen MR) is 60.2 cm³/mol. The second-order valence-corrected chi connectivity index (χ2v) is 3.75. The van der Waals surface area contributed by atoms with Gasteiger partial charge in [0.15, 0.2) is 0 Å². The molecule has 0 bridgehead atoms. The number of hydrogen-bond donors (Lipinski definition) is 1. The smallest absolute Gasteiger partial charge is 0.259 e. The lowest BCUT2D eigenvalue weighted by atomic mass is 10.1. The Morgan fingerprint density at radius 3 is 2.53 bits per heavy atom. The van der Waals surface area contributed by atoms with E-state index in [1.54, 1.807) is 4.90 Å². The van der Waals surface area contributed by atoms with E-state index in [4.69, 9.17) is 5.73 Å². The van der Waals surface area contributed by atoms with Crippen LogP contribution in [0.5, 0.6) is 0 Å². The Bertz CT molecular complexity index is 390. The van der Waals surface area contributed by atoms with Gasteiger partial charge in [0.1, 0.15) is 0 Å².